The second-order valence-electron chi connectivity index (χ2n) is 2.38. The Kier molecular flexibility index (Phi) is 1.73. The molecule has 0 saturated heterocycles. The zero-order valence-electron chi connectivity index (χ0n) is 5.96. The van der Waals surface area contributed by atoms with E-state index in [0.29, 0.717) is 16.5 Å². The first-order valence-electron chi connectivity index (χ1n) is 3.26. The number of fused-ring (bicyclic) bond motifs is 1. The molecule has 12 heavy (non-hydrogen) atoms. The van der Waals surface area contributed by atoms with Crippen molar-refractivity contribution in [2.75, 3.05) is 5.73 Å². The zero-order chi connectivity index (χ0) is 8.72. The van der Waals surface area contributed by atoms with Crippen LogP contribution >= 0.6 is 27.5 Å². The number of halogens is 2. The van der Waals surface area contributed by atoms with E-state index in [1.165, 1.54) is 0 Å². The second-order valence-corrected chi connectivity index (χ2v) is 3.71. The summed E-state index contributed by atoms with van der Waals surface area (Å²) >= 11 is 9.22. The fourth-order valence-corrected chi connectivity index (χ4v) is 1.86. The largest absolute Gasteiger partial charge is 0.383 e. The van der Waals surface area contributed by atoms with Crippen LogP contribution in [-0.2, 0) is 0 Å². The molecule has 0 saturated carbocycles. The Morgan fingerprint density at radius 3 is 3.08 bits per heavy atom. The molecule has 0 aliphatic heterocycles. The molecule has 0 amide bonds. The van der Waals surface area contributed by atoms with E-state index in [4.69, 9.17) is 17.3 Å². The molecule has 0 aromatic carbocycles. The monoisotopic (exact) mass is 245 g/mol. The Morgan fingerprint density at radius 2 is 2.33 bits per heavy atom. The van der Waals surface area contributed by atoms with Crippen LogP contribution in [0.5, 0.6) is 0 Å². The molecule has 0 aliphatic rings. The summed E-state index contributed by atoms with van der Waals surface area (Å²) < 4.78 is 2.61. The van der Waals surface area contributed by atoms with Crippen molar-refractivity contribution in [1.82, 2.24) is 9.38 Å². The van der Waals surface area contributed by atoms with Crippen LogP contribution in [-0.4, -0.2) is 9.38 Å². The highest BCUT2D eigenvalue weighted by Crippen LogP contribution is 2.23. The van der Waals surface area contributed by atoms with Crippen LogP contribution in [0.3, 0.4) is 0 Å². The number of imidazole rings is 1. The van der Waals surface area contributed by atoms with Crippen molar-refractivity contribution < 1.29 is 0 Å². The van der Waals surface area contributed by atoms with Gasteiger partial charge in [-0.2, -0.15) is 0 Å². The molecule has 5 heteroatoms. The number of aromatic nitrogens is 2. The first kappa shape index (κ1) is 7.89. The number of nitrogens with zero attached hydrogens (tertiary/aromatic N) is 2. The minimum absolute atomic E-state index is 0.577. The van der Waals surface area contributed by atoms with Crippen LogP contribution in [0.4, 0.5) is 5.82 Å². The van der Waals surface area contributed by atoms with Gasteiger partial charge in [-0.05, 0) is 22.0 Å². The van der Waals surface area contributed by atoms with Gasteiger partial charge >= 0.3 is 0 Å². The molecule has 2 heterocycles. The molecule has 2 aromatic rings. The van der Waals surface area contributed by atoms with Gasteiger partial charge in [0.1, 0.15) is 5.82 Å². The third-order valence-electron chi connectivity index (χ3n) is 1.56. The van der Waals surface area contributed by atoms with Gasteiger partial charge in [0.2, 0.25) is 0 Å². The average Bonchev–Trinajstić information content (AvgIpc) is 2.33. The van der Waals surface area contributed by atoms with E-state index >= 15 is 0 Å². The fourth-order valence-electron chi connectivity index (χ4n) is 1.03. The number of rotatable bonds is 0. The number of hydrogen-bond donors (Lipinski definition) is 1. The Hall–Kier alpha value is -0.740. The highest BCUT2D eigenvalue weighted by atomic mass is 79.9. The predicted molar refractivity (Wildman–Crippen MR) is 52.3 cm³/mol. The van der Waals surface area contributed by atoms with Gasteiger partial charge in [-0.25, -0.2) is 4.98 Å². The molecule has 0 fully saturated rings. The molecule has 62 valence electrons. The van der Waals surface area contributed by atoms with Crippen molar-refractivity contribution >= 4 is 39.0 Å². The Balaban J connectivity index is 2.92. The SMILES string of the molecule is Nc1cnc2c(Cl)cc(Br)cn12. The molecule has 2 N–H and O–H groups in total. The number of nitrogens with two attached hydrogens (primary N) is 1. The van der Waals surface area contributed by atoms with Crippen molar-refractivity contribution in [3.63, 3.8) is 0 Å². The molecule has 0 spiro atoms. The number of hydrogen-bond acceptors (Lipinski definition) is 2. The molecule has 0 unspecified atom stereocenters. The maximum atomic E-state index is 5.91. The van der Waals surface area contributed by atoms with Crippen molar-refractivity contribution in [2.45, 2.75) is 0 Å². The van der Waals surface area contributed by atoms with E-state index in [1.807, 2.05) is 6.20 Å². The molecule has 2 rings (SSSR count). The van der Waals surface area contributed by atoms with E-state index in [-0.39, 0.29) is 0 Å². The Morgan fingerprint density at radius 1 is 1.58 bits per heavy atom. The lowest BCUT2D eigenvalue weighted by atomic mass is 10.5. The molecular formula is C7H5BrClN3. The molecule has 3 nitrogen and oxygen atoms in total. The van der Waals surface area contributed by atoms with Crippen LogP contribution in [0, 0.1) is 0 Å². The summed E-state index contributed by atoms with van der Waals surface area (Å²) in [5, 5.41) is 0.584. The average molecular weight is 246 g/mol. The molecule has 2 aromatic heterocycles. The first-order valence-corrected chi connectivity index (χ1v) is 4.43. The fraction of sp³-hybridized carbons (Fsp3) is 0. The lowest BCUT2D eigenvalue weighted by molar-refractivity contribution is 1.18. The molecule has 0 atom stereocenters. The van der Waals surface area contributed by atoms with E-state index < -0.39 is 0 Å². The van der Waals surface area contributed by atoms with Crippen molar-refractivity contribution in [3.8, 4) is 0 Å². The number of nitrogen functional groups attached to an aromatic ring is 1. The summed E-state index contributed by atoms with van der Waals surface area (Å²) in [7, 11) is 0. The van der Waals surface area contributed by atoms with Gasteiger partial charge < -0.3 is 5.73 Å². The molecule has 0 radical (unpaired) electrons. The summed E-state index contributed by atoms with van der Waals surface area (Å²) in [4.78, 5) is 4.04. The van der Waals surface area contributed by atoms with Gasteiger partial charge in [0.15, 0.2) is 5.65 Å². The highest BCUT2D eigenvalue weighted by molar-refractivity contribution is 9.10. The number of pyridine rings is 1. The van der Waals surface area contributed by atoms with Crippen molar-refractivity contribution in [1.29, 1.82) is 0 Å². The van der Waals surface area contributed by atoms with Crippen molar-refractivity contribution in [2.24, 2.45) is 0 Å². The van der Waals surface area contributed by atoms with E-state index in [0.717, 1.165) is 4.47 Å². The van der Waals surface area contributed by atoms with E-state index in [1.54, 1.807) is 16.7 Å². The lowest BCUT2D eigenvalue weighted by Gasteiger charge is -1.98. The second kappa shape index (κ2) is 2.64. The zero-order valence-corrected chi connectivity index (χ0v) is 8.30. The third-order valence-corrected chi connectivity index (χ3v) is 2.27. The maximum Gasteiger partial charge on any atom is 0.157 e. The molecule has 0 aliphatic carbocycles. The van der Waals surface area contributed by atoms with Crippen LogP contribution in [0.2, 0.25) is 5.02 Å². The van der Waals surface area contributed by atoms with Gasteiger partial charge in [-0.3, -0.25) is 4.40 Å². The lowest BCUT2D eigenvalue weighted by Crippen LogP contribution is -1.92. The van der Waals surface area contributed by atoms with Gasteiger partial charge in [0.05, 0.1) is 11.2 Å². The smallest absolute Gasteiger partial charge is 0.157 e. The van der Waals surface area contributed by atoms with Crippen molar-refractivity contribution in [3.05, 3.63) is 28.0 Å². The van der Waals surface area contributed by atoms with E-state index in [9.17, 15) is 0 Å². The third kappa shape index (κ3) is 1.07. The van der Waals surface area contributed by atoms with Crippen LogP contribution < -0.4 is 5.73 Å². The van der Waals surface area contributed by atoms with Gasteiger partial charge in [-0.1, -0.05) is 11.6 Å². The van der Waals surface area contributed by atoms with E-state index in [2.05, 4.69) is 20.9 Å². The highest BCUT2D eigenvalue weighted by Gasteiger charge is 2.04. The molecule has 0 bridgehead atoms. The summed E-state index contributed by atoms with van der Waals surface area (Å²) in [5.41, 5.74) is 6.31. The minimum atomic E-state index is 0.577. The summed E-state index contributed by atoms with van der Waals surface area (Å²) in [6.07, 6.45) is 3.40. The van der Waals surface area contributed by atoms with Gasteiger partial charge in [0.25, 0.3) is 0 Å². The summed E-state index contributed by atoms with van der Waals surface area (Å²) in [6, 6.07) is 1.78. The first-order chi connectivity index (χ1) is 5.68. The topological polar surface area (TPSA) is 43.3 Å². The Labute approximate surface area is 82.3 Å². The maximum absolute atomic E-state index is 5.91. The predicted octanol–water partition coefficient (Wildman–Crippen LogP) is 2.33. The summed E-state index contributed by atoms with van der Waals surface area (Å²) in [6.45, 7) is 0. The normalized spacial score (nSPS) is 10.8. The quantitative estimate of drug-likeness (QED) is 0.775. The number of anilines is 1. The minimum Gasteiger partial charge on any atom is -0.383 e. The van der Waals surface area contributed by atoms with Crippen LogP contribution in [0.25, 0.3) is 5.65 Å². The Bertz CT molecular complexity index is 437. The molecular weight excluding hydrogens is 241 g/mol. The summed E-state index contributed by atoms with van der Waals surface area (Å²) in [5.74, 6) is 0.577. The van der Waals surface area contributed by atoms with Crippen LogP contribution in [0.1, 0.15) is 0 Å². The van der Waals surface area contributed by atoms with Crippen LogP contribution in [0.15, 0.2) is 22.9 Å². The van der Waals surface area contributed by atoms with Gasteiger partial charge in [0, 0.05) is 10.7 Å². The standard InChI is InChI=1S/C7H5BrClN3/c8-4-1-5(9)7-11-2-6(10)12(7)3-4/h1-3H,10H2. The van der Waals surface area contributed by atoms with Gasteiger partial charge in [-0.15, -0.1) is 0 Å².